The summed E-state index contributed by atoms with van der Waals surface area (Å²) in [6, 6.07) is 23.6. The van der Waals surface area contributed by atoms with Gasteiger partial charge in [0.05, 0.1) is 0 Å². The molecule has 24 heavy (non-hydrogen) atoms. The molecule has 0 aliphatic heterocycles. The van der Waals surface area contributed by atoms with Crippen molar-refractivity contribution in [1.29, 1.82) is 0 Å². The molecule has 0 fully saturated rings. The quantitative estimate of drug-likeness (QED) is 0.570. The zero-order valence-corrected chi connectivity index (χ0v) is 15.5. The van der Waals surface area contributed by atoms with Crippen molar-refractivity contribution in [2.75, 3.05) is 5.32 Å². The number of hydrogen-bond donors (Lipinski definition) is 1. The van der Waals surface area contributed by atoms with Crippen molar-refractivity contribution in [3.8, 4) is 0 Å². The first-order valence-corrected chi connectivity index (χ1v) is 9.12. The summed E-state index contributed by atoms with van der Waals surface area (Å²) in [5.41, 5.74) is 2.68. The maximum Gasteiger partial charge on any atom is 0.255 e. The van der Waals surface area contributed by atoms with Crippen LogP contribution in [0.2, 0.25) is 0 Å². The molecule has 0 saturated carbocycles. The predicted molar refractivity (Wildman–Crippen MR) is 104 cm³/mol. The monoisotopic (exact) mass is 397 g/mol. The standard InChI is InChI=1S/C20H16BrNOS/c1-14-2-10-18(11-3-14)24-19-12-8-17(9-13-19)22-20(23)15-4-6-16(21)7-5-15/h2-13H,1H3,(H,22,23). The van der Waals surface area contributed by atoms with Crippen LogP contribution < -0.4 is 5.32 Å². The molecule has 3 aromatic rings. The van der Waals surface area contributed by atoms with Gasteiger partial charge in [0.2, 0.25) is 0 Å². The van der Waals surface area contributed by atoms with E-state index in [2.05, 4.69) is 52.4 Å². The van der Waals surface area contributed by atoms with Gasteiger partial charge in [-0.2, -0.15) is 0 Å². The van der Waals surface area contributed by atoms with Gasteiger partial charge in [-0.1, -0.05) is 45.4 Å². The first-order chi connectivity index (χ1) is 11.6. The van der Waals surface area contributed by atoms with Crippen molar-refractivity contribution in [2.45, 2.75) is 16.7 Å². The van der Waals surface area contributed by atoms with Crippen LogP contribution in [-0.2, 0) is 0 Å². The SMILES string of the molecule is Cc1ccc(Sc2ccc(NC(=O)c3ccc(Br)cc3)cc2)cc1. The minimum Gasteiger partial charge on any atom is -0.322 e. The number of hydrogen-bond acceptors (Lipinski definition) is 2. The average molecular weight is 398 g/mol. The van der Waals surface area contributed by atoms with Crippen LogP contribution in [0.3, 0.4) is 0 Å². The minimum atomic E-state index is -0.110. The van der Waals surface area contributed by atoms with E-state index in [-0.39, 0.29) is 5.91 Å². The summed E-state index contributed by atoms with van der Waals surface area (Å²) < 4.78 is 0.955. The first kappa shape index (κ1) is 16.8. The van der Waals surface area contributed by atoms with Crippen LogP contribution in [0.1, 0.15) is 15.9 Å². The summed E-state index contributed by atoms with van der Waals surface area (Å²) >= 11 is 5.07. The molecule has 1 N–H and O–H groups in total. The lowest BCUT2D eigenvalue weighted by Crippen LogP contribution is -2.11. The highest BCUT2D eigenvalue weighted by Gasteiger charge is 2.06. The number of benzene rings is 3. The Labute approximate surface area is 154 Å². The molecule has 120 valence electrons. The fraction of sp³-hybridized carbons (Fsp3) is 0.0500. The van der Waals surface area contributed by atoms with Crippen molar-refractivity contribution in [1.82, 2.24) is 0 Å². The van der Waals surface area contributed by atoms with Crippen molar-refractivity contribution in [3.63, 3.8) is 0 Å². The smallest absolute Gasteiger partial charge is 0.255 e. The summed E-state index contributed by atoms with van der Waals surface area (Å²) in [6.07, 6.45) is 0. The van der Waals surface area contributed by atoms with E-state index in [1.165, 1.54) is 10.5 Å². The molecular weight excluding hydrogens is 382 g/mol. The number of anilines is 1. The van der Waals surface area contributed by atoms with Crippen LogP contribution in [0.15, 0.2) is 87.1 Å². The number of halogens is 1. The Kier molecular flexibility index (Phi) is 5.38. The molecule has 0 aliphatic rings. The third kappa shape index (κ3) is 4.49. The Morgan fingerprint density at radius 3 is 1.96 bits per heavy atom. The molecule has 0 atom stereocenters. The van der Waals surface area contributed by atoms with Gasteiger partial charge in [-0.25, -0.2) is 0 Å². The van der Waals surface area contributed by atoms with Gasteiger partial charge in [0.15, 0.2) is 0 Å². The summed E-state index contributed by atoms with van der Waals surface area (Å²) in [4.78, 5) is 14.5. The summed E-state index contributed by atoms with van der Waals surface area (Å²) in [7, 11) is 0. The summed E-state index contributed by atoms with van der Waals surface area (Å²) in [5, 5.41) is 2.91. The molecule has 3 rings (SSSR count). The first-order valence-electron chi connectivity index (χ1n) is 7.52. The molecule has 0 unspecified atom stereocenters. The van der Waals surface area contributed by atoms with Crippen LogP contribution in [0.5, 0.6) is 0 Å². The zero-order chi connectivity index (χ0) is 16.9. The second-order valence-electron chi connectivity index (χ2n) is 5.40. The molecule has 0 heterocycles. The van der Waals surface area contributed by atoms with Gasteiger partial charge in [0, 0.05) is 25.5 Å². The van der Waals surface area contributed by atoms with Gasteiger partial charge in [0.1, 0.15) is 0 Å². The fourth-order valence-corrected chi connectivity index (χ4v) is 3.23. The van der Waals surface area contributed by atoms with Crippen LogP contribution in [0.25, 0.3) is 0 Å². The summed E-state index contributed by atoms with van der Waals surface area (Å²) in [5.74, 6) is -0.110. The Morgan fingerprint density at radius 1 is 0.833 bits per heavy atom. The molecule has 0 saturated heterocycles. The number of rotatable bonds is 4. The molecular formula is C20H16BrNOS. The Hall–Kier alpha value is -2.04. The highest BCUT2D eigenvalue weighted by molar-refractivity contribution is 9.10. The molecule has 2 nitrogen and oxygen atoms in total. The largest absolute Gasteiger partial charge is 0.322 e. The topological polar surface area (TPSA) is 29.1 Å². The van der Waals surface area contributed by atoms with Gasteiger partial charge in [-0.15, -0.1) is 0 Å². The van der Waals surface area contributed by atoms with Crippen LogP contribution in [-0.4, -0.2) is 5.91 Å². The van der Waals surface area contributed by atoms with E-state index in [9.17, 15) is 4.79 Å². The van der Waals surface area contributed by atoms with E-state index in [1.54, 1.807) is 23.9 Å². The molecule has 3 aromatic carbocycles. The van der Waals surface area contributed by atoms with E-state index in [0.29, 0.717) is 5.56 Å². The molecule has 0 aliphatic carbocycles. The molecule has 0 bridgehead atoms. The van der Waals surface area contributed by atoms with Gasteiger partial charge >= 0.3 is 0 Å². The second kappa shape index (κ2) is 7.69. The van der Waals surface area contributed by atoms with Crippen molar-refractivity contribution < 1.29 is 4.79 Å². The van der Waals surface area contributed by atoms with Gasteiger partial charge < -0.3 is 5.32 Å². The Balaban J connectivity index is 1.64. The van der Waals surface area contributed by atoms with Crippen molar-refractivity contribution in [2.24, 2.45) is 0 Å². The van der Waals surface area contributed by atoms with E-state index in [0.717, 1.165) is 15.1 Å². The Bertz CT molecular complexity index is 827. The molecule has 1 amide bonds. The number of nitrogens with one attached hydrogen (secondary N) is 1. The molecule has 4 heteroatoms. The highest BCUT2D eigenvalue weighted by atomic mass is 79.9. The lowest BCUT2D eigenvalue weighted by molar-refractivity contribution is 0.102. The maximum atomic E-state index is 12.2. The van der Waals surface area contributed by atoms with Gasteiger partial charge in [-0.3, -0.25) is 4.79 Å². The number of carbonyl (C=O) groups excluding carboxylic acids is 1. The third-order valence-corrected chi connectivity index (χ3v) is 5.02. The van der Waals surface area contributed by atoms with E-state index in [1.807, 2.05) is 36.4 Å². The van der Waals surface area contributed by atoms with Crippen LogP contribution in [0.4, 0.5) is 5.69 Å². The second-order valence-corrected chi connectivity index (χ2v) is 7.46. The van der Waals surface area contributed by atoms with E-state index < -0.39 is 0 Å². The maximum absolute atomic E-state index is 12.2. The van der Waals surface area contributed by atoms with Crippen molar-refractivity contribution >= 4 is 39.3 Å². The third-order valence-electron chi connectivity index (χ3n) is 3.48. The van der Waals surface area contributed by atoms with Crippen LogP contribution in [0, 0.1) is 6.92 Å². The highest BCUT2D eigenvalue weighted by Crippen LogP contribution is 2.28. The average Bonchev–Trinajstić information content (AvgIpc) is 2.59. The molecule has 0 spiro atoms. The van der Waals surface area contributed by atoms with Crippen molar-refractivity contribution in [3.05, 3.63) is 88.4 Å². The lowest BCUT2D eigenvalue weighted by atomic mass is 10.2. The fourth-order valence-electron chi connectivity index (χ4n) is 2.15. The number of carbonyl (C=O) groups is 1. The number of amides is 1. The van der Waals surface area contributed by atoms with E-state index in [4.69, 9.17) is 0 Å². The lowest BCUT2D eigenvalue weighted by Gasteiger charge is -2.07. The van der Waals surface area contributed by atoms with E-state index >= 15 is 0 Å². The van der Waals surface area contributed by atoms with Gasteiger partial charge in [0.25, 0.3) is 5.91 Å². The number of aryl methyl sites for hydroxylation is 1. The molecule has 0 aromatic heterocycles. The Morgan fingerprint density at radius 2 is 1.38 bits per heavy atom. The minimum absolute atomic E-state index is 0.110. The zero-order valence-electron chi connectivity index (χ0n) is 13.1. The van der Waals surface area contributed by atoms with Crippen LogP contribution >= 0.6 is 27.7 Å². The molecule has 0 radical (unpaired) electrons. The normalized spacial score (nSPS) is 10.4. The predicted octanol–water partition coefficient (Wildman–Crippen LogP) is 6.16. The summed E-state index contributed by atoms with van der Waals surface area (Å²) in [6.45, 7) is 2.08. The van der Waals surface area contributed by atoms with Gasteiger partial charge in [-0.05, 0) is 67.6 Å².